The number of ether oxygens (including phenoxy) is 1. The molecule has 0 spiro atoms. The number of aryl methyl sites for hydroxylation is 2. The molecule has 1 saturated heterocycles. The number of hydrogen-bond donors (Lipinski definition) is 1. The van der Waals surface area contributed by atoms with Crippen LogP contribution in [-0.4, -0.2) is 27.9 Å². The molecule has 3 aromatic rings. The number of carbonyl (C=O) groups excluding carboxylic acids is 2. The minimum Gasteiger partial charge on any atom is -0.507 e. The van der Waals surface area contributed by atoms with E-state index in [4.69, 9.17) is 4.74 Å². The molecule has 1 aromatic heterocycles. The molecule has 1 aliphatic rings. The van der Waals surface area contributed by atoms with E-state index in [0.717, 1.165) is 11.1 Å². The second kappa shape index (κ2) is 8.90. The Hall–Kier alpha value is -3.93. The molecule has 6 heteroatoms. The van der Waals surface area contributed by atoms with Crippen LogP contribution >= 0.6 is 0 Å². The number of hydrogen-bond acceptors (Lipinski definition) is 5. The van der Waals surface area contributed by atoms with E-state index in [0.29, 0.717) is 22.6 Å². The molecule has 0 radical (unpaired) electrons. The van der Waals surface area contributed by atoms with Gasteiger partial charge in [-0.3, -0.25) is 19.5 Å². The smallest absolute Gasteiger partial charge is 0.300 e. The van der Waals surface area contributed by atoms with Crippen LogP contribution in [0.25, 0.3) is 5.76 Å². The number of pyridine rings is 1. The maximum Gasteiger partial charge on any atom is 0.300 e. The number of aromatic nitrogens is 1. The zero-order chi connectivity index (χ0) is 23.7. The van der Waals surface area contributed by atoms with Gasteiger partial charge < -0.3 is 9.84 Å². The quantitative estimate of drug-likeness (QED) is 0.337. The summed E-state index contributed by atoms with van der Waals surface area (Å²) < 4.78 is 5.85. The molecule has 1 unspecified atom stereocenters. The van der Waals surface area contributed by atoms with Gasteiger partial charge >= 0.3 is 0 Å². The van der Waals surface area contributed by atoms with E-state index in [2.05, 4.69) is 4.98 Å². The van der Waals surface area contributed by atoms with Gasteiger partial charge in [0, 0.05) is 23.6 Å². The Balaban J connectivity index is 1.94. The highest BCUT2D eigenvalue weighted by Crippen LogP contribution is 2.43. The minimum atomic E-state index is -0.809. The number of amides is 1. The SMILES string of the molecule is Cc1ccc(N2C(=O)C(=O)/C(=C(/O)c3ccncc3)C2c2cccc(OC(C)C)c2)cc1C. The fourth-order valence-corrected chi connectivity index (χ4v) is 3.99. The van der Waals surface area contributed by atoms with E-state index in [1.807, 2.05) is 70.2 Å². The second-order valence-corrected chi connectivity index (χ2v) is 8.41. The molecule has 168 valence electrons. The number of anilines is 1. The zero-order valence-corrected chi connectivity index (χ0v) is 19.1. The Morgan fingerprint density at radius 1 is 1.00 bits per heavy atom. The zero-order valence-electron chi connectivity index (χ0n) is 19.1. The van der Waals surface area contributed by atoms with Gasteiger partial charge in [-0.15, -0.1) is 0 Å². The van der Waals surface area contributed by atoms with Gasteiger partial charge in [-0.05, 0) is 80.8 Å². The average Bonchev–Trinajstić information content (AvgIpc) is 3.06. The Morgan fingerprint density at radius 2 is 1.73 bits per heavy atom. The van der Waals surface area contributed by atoms with E-state index < -0.39 is 17.7 Å². The number of carbonyl (C=O) groups is 2. The van der Waals surface area contributed by atoms with Crippen molar-refractivity contribution in [2.24, 2.45) is 0 Å². The number of aliphatic hydroxyl groups excluding tert-OH is 1. The first-order chi connectivity index (χ1) is 15.8. The molecule has 1 N–H and O–H groups in total. The molecule has 2 heterocycles. The first kappa shape index (κ1) is 22.3. The third-order valence-corrected chi connectivity index (χ3v) is 5.71. The summed E-state index contributed by atoms with van der Waals surface area (Å²) in [5.74, 6) is -1.03. The second-order valence-electron chi connectivity index (χ2n) is 8.41. The van der Waals surface area contributed by atoms with Crippen LogP contribution in [0, 0.1) is 13.8 Å². The monoisotopic (exact) mass is 442 g/mol. The summed E-state index contributed by atoms with van der Waals surface area (Å²) in [6.07, 6.45) is 3.02. The highest BCUT2D eigenvalue weighted by atomic mass is 16.5. The van der Waals surface area contributed by atoms with Gasteiger partial charge in [0.15, 0.2) is 0 Å². The Bertz CT molecular complexity index is 1250. The standard InChI is InChI=1S/C27H26N2O4/c1-16(2)33-22-7-5-6-20(15-22)24-23(25(30)19-10-12-28-13-11-19)26(31)27(32)29(24)21-9-8-17(3)18(4)14-21/h5-16,24,30H,1-4H3/b25-23+. The van der Waals surface area contributed by atoms with Crippen LogP contribution in [0.3, 0.4) is 0 Å². The van der Waals surface area contributed by atoms with Crippen molar-refractivity contribution in [2.45, 2.75) is 39.8 Å². The fraction of sp³-hybridized carbons (Fsp3) is 0.222. The molecular formula is C27H26N2O4. The molecule has 2 aromatic carbocycles. The lowest BCUT2D eigenvalue weighted by atomic mass is 9.95. The predicted molar refractivity (Wildman–Crippen MR) is 127 cm³/mol. The van der Waals surface area contributed by atoms with Crippen LogP contribution in [0.1, 0.15) is 42.1 Å². The molecule has 0 bridgehead atoms. The molecule has 1 aliphatic heterocycles. The summed E-state index contributed by atoms with van der Waals surface area (Å²) in [4.78, 5) is 32.0. The van der Waals surface area contributed by atoms with Crippen molar-refractivity contribution in [3.05, 3.63) is 94.8 Å². The number of nitrogens with zero attached hydrogens (tertiary/aromatic N) is 2. The summed E-state index contributed by atoms with van der Waals surface area (Å²) in [7, 11) is 0. The lowest BCUT2D eigenvalue weighted by Gasteiger charge is -2.26. The van der Waals surface area contributed by atoms with Crippen molar-refractivity contribution in [3.63, 3.8) is 0 Å². The lowest BCUT2D eigenvalue weighted by Crippen LogP contribution is -2.29. The third-order valence-electron chi connectivity index (χ3n) is 5.71. The molecule has 1 atom stereocenters. The normalized spacial score (nSPS) is 17.6. The van der Waals surface area contributed by atoms with Gasteiger partial charge in [0.2, 0.25) is 0 Å². The van der Waals surface area contributed by atoms with Crippen molar-refractivity contribution in [1.82, 2.24) is 4.98 Å². The number of rotatable bonds is 5. The lowest BCUT2D eigenvalue weighted by molar-refractivity contribution is -0.132. The summed E-state index contributed by atoms with van der Waals surface area (Å²) in [5, 5.41) is 11.1. The molecule has 1 amide bonds. The maximum atomic E-state index is 13.3. The van der Waals surface area contributed by atoms with Crippen molar-refractivity contribution in [2.75, 3.05) is 4.90 Å². The minimum absolute atomic E-state index is 0.0334. The maximum absolute atomic E-state index is 13.3. The molecular weight excluding hydrogens is 416 g/mol. The Kier molecular flexibility index (Phi) is 6.01. The molecule has 33 heavy (non-hydrogen) atoms. The molecule has 0 aliphatic carbocycles. The summed E-state index contributed by atoms with van der Waals surface area (Å²) >= 11 is 0. The third kappa shape index (κ3) is 4.24. The van der Waals surface area contributed by atoms with Crippen LogP contribution in [0.4, 0.5) is 5.69 Å². The highest BCUT2D eigenvalue weighted by molar-refractivity contribution is 6.51. The predicted octanol–water partition coefficient (Wildman–Crippen LogP) is 5.11. The van der Waals surface area contributed by atoms with Crippen molar-refractivity contribution in [3.8, 4) is 5.75 Å². The van der Waals surface area contributed by atoms with Gasteiger partial charge in [0.25, 0.3) is 11.7 Å². The summed E-state index contributed by atoms with van der Waals surface area (Å²) in [5.41, 5.74) is 3.79. The van der Waals surface area contributed by atoms with Crippen molar-refractivity contribution >= 4 is 23.1 Å². The van der Waals surface area contributed by atoms with Crippen LogP contribution in [-0.2, 0) is 9.59 Å². The molecule has 0 saturated carbocycles. The van der Waals surface area contributed by atoms with Gasteiger partial charge in [0.05, 0.1) is 17.7 Å². The Labute approximate surface area is 193 Å². The van der Waals surface area contributed by atoms with Crippen molar-refractivity contribution < 1.29 is 19.4 Å². The van der Waals surface area contributed by atoms with E-state index in [1.165, 1.54) is 17.3 Å². The van der Waals surface area contributed by atoms with E-state index >= 15 is 0 Å². The van der Waals surface area contributed by atoms with Crippen LogP contribution in [0.2, 0.25) is 0 Å². The highest BCUT2D eigenvalue weighted by Gasteiger charge is 2.47. The number of Topliss-reactive ketones (excluding diaryl/α,β-unsaturated/α-hetero) is 1. The van der Waals surface area contributed by atoms with E-state index in [1.54, 1.807) is 12.1 Å². The number of ketones is 1. The first-order valence-corrected chi connectivity index (χ1v) is 10.8. The fourth-order valence-electron chi connectivity index (χ4n) is 3.99. The van der Waals surface area contributed by atoms with Gasteiger partial charge in [-0.1, -0.05) is 18.2 Å². The van der Waals surface area contributed by atoms with E-state index in [-0.39, 0.29) is 17.4 Å². The van der Waals surface area contributed by atoms with E-state index in [9.17, 15) is 14.7 Å². The first-order valence-electron chi connectivity index (χ1n) is 10.8. The largest absolute Gasteiger partial charge is 0.507 e. The Morgan fingerprint density at radius 3 is 2.39 bits per heavy atom. The summed E-state index contributed by atoms with van der Waals surface area (Å²) in [6.45, 7) is 7.80. The number of benzene rings is 2. The van der Waals surface area contributed by atoms with Gasteiger partial charge in [0.1, 0.15) is 11.5 Å². The van der Waals surface area contributed by atoms with Crippen molar-refractivity contribution in [1.29, 1.82) is 0 Å². The summed E-state index contributed by atoms with van der Waals surface area (Å²) in [6, 6.07) is 15.3. The van der Waals surface area contributed by atoms with Crippen LogP contribution in [0.15, 0.2) is 72.6 Å². The molecule has 1 fully saturated rings. The van der Waals surface area contributed by atoms with Crippen LogP contribution in [0.5, 0.6) is 5.75 Å². The van der Waals surface area contributed by atoms with Crippen LogP contribution < -0.4 is 9.64 Å². The molecule has 4 rings (SSSR count). The topological polar surface area (TPSA) is 79.7 Å². The average molecular weight is 443 g/mol. The van der Waals surface area contributed by atoms with Gasteiger partial charge in [-0.25, -0.2) is 0 Å². The molecule has 6 nitrogen and oxygen atoms in total. The number of aliphatic hydroxyl groups is 1. The van der Waals surface area contributed by atoms with Gasteiger partial charge in [-0.2, -0.15) is 0 Å².